The van der Waals surface area contributed by atoms with Crippen LogP contribution in [0.4, 0.5) is 20.2 Å². The van der Waals surface area contributed by atoms with Crippen molar-refractivity contribution in [2.75, 3.05) is 31.2 Å². The fraction of sp³-hybridized carbons (Fsp3) is 0.364. The van der Waals surface area contributed by atoms with E-state index in [9.17, 15) is 13.6 Å². The SMILES string of the molecule is CN(CC(=O)Nc1c(Cl)cc(N)cc1Cl)CC(F)F. The number of hydrogen-bond acceptors (Lipinski definition) is 3. The van der Waals surface area contributed by atoms with Crippen LogP contribution in [-0.4, -0.2) is 37.4 Å². The highest BCUT2D eigenvalue weighted by Crippen LogP contribution is 2.32. The van der Waals surface area contributed by atoms with E-state index >= 15 is 0 Å². The highest BCUT2D eigenvalue weighted by atomic mass is 35.5. The summed E-state index contributed by atoms with van der Waals surface area (Å²) < 4.78 is 24.2. The molecule has 0 unspecified atom stereocenters. The number of halogens is 4. The van der Waals surface area contributed by atoms with Crippen LogP contribution in [0.3, 0.4) is 0 Å². The van der Waals surface area contributed by atoms with Crippen LogP contribution < -0.4 is 11.1 Å². The summed E-state index contributed by atoms with van der Waals surface area (Å²) in [5.74, 6) is -0.489. The normalized spacial score (nSPS) is 11.1. The predicted octanol–water partition coefficient (Wildman–Crippen LogP) is 2.71. The van der Waals surface area contributed by atoms with Crippen molar-refractivity contribution in [2.24, 2.45) is 0 Å². The zero-order valence-corrected chi connectivity index (χ0v) is 11.6. The van der Waals surface area contributed by atoms with Crippen molar-refractivity contribution >= 4 is 40.5 Å². The molecule has 8 heteroatoms. The number of amides is 1. The summed E-state index contributed by atoms with van der Waals surface area (Å²) in [4.78, 5) is 12.8. The molecule has 3 N–H and O–H groups in total. The molecule has 0 saturated carbocycles. The van der Waals surface area contributed by atoms with Gasteiger partial charge in [-0.15, -0.1) is 0 Å². The van der Waals surface area contributed by atoms with Gasteiger partial charge in [0.2, 0.25) is 5.91 Å². The number of rotatable bonds is 5. The van der Waals surface area contributed by atoms with Crippen LogP contribution in [0, 0.1) is 0 Å². The summed E-state index contributed by atoms with van der Waals surface area (Å²) in [5, 5.41) is 2.84. The minimum absolute atomic E-state index is 0.190. The van der Waals surface area contributed by atoms with Gasteiger partial charge in [-0.3, -0.25) is 9.69 Å². The zero-order valence-electron chi connectivity index (χ0n) is 10.1. The summed E-state index contributed by atoms with van der Waals surface area (Å²) in [5.41, 5.74) is 6.10. The number of nitrogens with zero attached hydrogens (tertiary/aromatic N) is 1. The average Bonchev–Trinajstić information content (AvgIpc) is 2.21. The molecule has 19 heavy (non-hydrogen) atoms. The van der Waals surface area contributed by atoms with Gasteiger partial charge in [-0.05, 0) is 19.2 Å². The van der Waals surface area contributed by atoms with Crippen LogP contribution in [0.1, 0.15) is 0 Å². The Morgan fingerprint density at radius 3 is 2.42 bits per heavy atom. The predicted molar refractivity (Wildman–Crippen MR) is 73.0 cm³/mol. The molecule has 1 amide bonds. The first-order valence-corrected chi connectivity index (χ1v) is 6.06. The third-order valence-corrected chi connectivity index (χ3v) is 2.79. The number of anilines is 2. The molecule has 0 atom stereocenters. The lowest BCUT2D eigenvalue weighted by Gasteiger charge is -2.16. The van der Waals surface area contributed by atoms with E-state index in [1.165, 1.54) is 24.1 Å². The van der Waals surface area contributed by atoms with Gasteiger partial charge in [-0.2, -0.15) is 0 Å². The van der Waals surface area contributed by atoms with Gasteiger partial charge < -0.3 is 11.1 Å². The third-order valence-electron chi connectivity index (χ3n) is 2.19. The van der Waals surface area contributed by atoms with Crippen molar-refractivity contribution in [1.82, 2.24) is 4.90 Å². The van der Waals surface area contributed by atoms with Gasteiger partial charge in [-0.1, -0.05) is 23.2 Å². The number of nitrogens with two attached hydrogens (primary N) is 1. The van der Waals surface area contributed by atoms with E-state index in [4.69, 9.17) is 28.9 Å². The van der Waals surface area contributed by atoms with Crippen LogP contribution >= 0.6 is 23.2 Å². The fourth-order valence-corrected chi connectivity index (χ4v) is 2.03. The van der Waals surface area contributed by atoms with Crippen LogP contribution in [0.25, 0.3) is 0 Å². The van der Waals surface area contributed by atoms with E-state index in [0.717, 1.165) is 0 Å². The van der Waals surface area contributed by atoms with Crippen LogP contribution in [0.15, 0.2) is 12.1 Å². The molecule has 0 fully saturated rings. The van der Waals surface area contributed by atoms with Gasteiger partial charge in [0.25, 0.3) is 6.43 Å². The molecule has 0 bridgehead atoms. The zero-order chi connectivity index (χ0) is 14.6. The highest BCUT2D eigenvalue weighted by Gasteiger charge is 2.14. The van der Waals surface area contributed by atoms with Crippen molar-refractivity contribution in [2.45, 2.75) is 6.43 Å². The number of benzene rings is 1. The second-order valence-corrected chi connectivity index (χ2v) is 4.81. The Morgan fingerprint density at radius 2 is 1.95 bits per heavy atom. The molecule has 0 aliphatic rings. The molecule has 0 aromatic heterocycles. The maximum Gasteiger partial charge on any atom is 0.251 e. The molecule has 0 saturated heterocycles. The van der Waals surface area contributed by atoms with Crippen molar-refractivity contribution in [3.05, 3.63) is 22.2 Å². The molecule has 0 aliphatic heterocycles. The van der Waals surface area contributed by atoms with Crippen molar-refractivity contribution < 1.29 is 13.6 Å². The summed E-state index contributed by atoms with van der Waals surface area (Å²) in [7, 11) is 1.41. The summed E-state index contributed by atoms with van der Waals surface area (Å²) in [6.45, 7) is -0.683. The molecule has 1 aromatic rings. The molecule has 106 valence electrons. The van der Waals surface area contributed by atoms with Gasteiger partial charge in [-0.25, -0.2) is 8.78 Å². The summed E-state index contributed by atoms with van der Waals surface area (Å²) in [6, 6.07) is 2.87. The van der Waals surface area contributed by atoms with E-state index in [0.29, 0.717) is 5.69 Å². The molecule has 0 heterocycles. The Labute approximate surface area is 119 Å². The number of carbonyl (C=O) groups excluding carboxylic acids is 1. The largest absolute Gasteiger partial charge is 0.399 e. The first-order chi connectivity index (χ1) is 8.79. The Kier molecular flexibility index (Phi) is 5.78. The molecule has 0 radical (unpaired) electrons. The highest BCUT2D eigenvalue weighted by molar-refractivity contribution is 6.40. The second-order valence-electron chi connectivity index (χ2n) is 4.00. The Bertz CT molecular complexity index is 448. The lowest BCUT2D eigenvalue weighted by atomic mass is 10.2. The summed E-state index contributed by atoms with van der Waals surface area (Å²) in [6.07, 6.45) is -2.50. The minimum atomic E-state index is -2.50. The van der Waals surface area contributed by atoms with E-state index < -0.39 is 18.9 Å². The quantitative estimate of drug-likeness (QED) is 0.822. The molecule has 1 aromatic carbocycles. The first-order valence-electron chi connectivity index (χ1n) is 5.30. The van der Waals surface area contributed by atoms with Crippen molar-refractivity contribution in [1.29, 1.82) is 0 Å². The van der Waals surface area contributed by atoms with Crippen molar-refractivity contribution in [3.8, 4) is 0 Å². The Balaban J connectivity index is 2.67. The number of nitrogen functional groups attached to an aromatic ring is 1. The molecule has 4 nitrogen and oxygen atoms in total. The van der Waals surface area contributed by atoms with E-state index in [1.54, 1.807) is 0 Å². The van der Waals surface area contributed by atoms with E-state index in [1.807, 2.05) is 0 Å². The number of carbonyl (C=O) groups is 1. The molecule has 0 spiro atoms. The lowest BCUT2D eigenvalue weighted by molar-refractivity contribution is -0.117. The topological polar surface area (TPSA) is 58.4 Å². The van der Waals surface area contributed by atoms with Gasteiger partial charge in [0, 0.05) is 5.69 Å². The van der Waals surface area contributed by atoms with Crippen LogP contribution in [-0.2, 0) is 4.79 Å². The number of likely N-dealkylation sites (N-methyl/N-ethyl adjacent to an activating group) is 1. The molecule has 0 aliphatic carbocycles. The van der Waals surface area contributed by atoms with Crippen molar-refractivity contribution in [3.63, 3.8) is 0 Å². The smallest absolute Gasteiger partial charge is 0.251 e. The Morgan fingerprint density at radius 1 is 1.42 bits per heavy atom. The summed E-state index contributed by atoms with van der Waals surface area (Å²) >= 11 is 11.8. The standard InChI is InChI=1S/C11H13Cl2F2N3O/c1-18(4-9(14)15)5-10(19)17-11-7(12)2-6(16)3-8(11)13/h2-3,9H,4-5,16H2,1H3,(H,17,19). The lowest BCUT2D eigenvalue weighted by Crippen LogP contribution is -2.33. The number of nitrogens with one attached hydrogen (secondary N) is 1. The second kappa shape index (κ2) is 6.88. The average molecular weight is 312 g/mol. The maximum atomic E-state index is 12.1. The van der Waals surface area contributed by atoms with Crippen LogP contribution in [0.2, 0.25) is 10.0 Å². The number of hydrogen-bond donors (Lipinski definition) is 2. The van der Waals surface area contributed by atoms with E-state index in [2.05, 4.69) is 5.32 Å². The fourth-order valence-electron chi connectivity index (χ4n) is 1.44. The number of alkyl halides is 2. The first kappa shape index (κ1) is 15.9. The third kappa shape index (κ3) is 5.18. The minimum Gasteiger partial charge on any atom is -0.399 e. The monoisotopic (exact) mass is 311 g/mol. The van der Waals surface area contributed by atoms with Gasteiger partial charge in [0.1, 0.15) is 0 Å². The molecular weight excluding hydrogens is 299 g/mol. The van der Waals surface area contributed by atoms with E-state index in [-0.39, 0.29) is 22.3 Å². The maximum absolute atomic E-state index is 12.1. The van der Waals surface area contributed by atoms with Gasteiger partial charge in [0.15, 0.2) is 0 Å². The molecule has 1 rings (SSSR count). The Hall–Kier alpha value is -1.11. The van der Waals surface area contributed by atoms with Gasteiger partial charge in [0.05, 0.1) is 28.8 Å². The molecular formula is C11H13Cl2F2N3O. The van der Waals surface area contributed by atoms with Gasteiger partial charge >= 0.3 is 0 Å². The van der Waals surface area contributed by atoms with Crippen LogP contribution in [0.5, 0.6) is 0 Å².